The van der Waals surface area contributed by atoms with Gasteiger partial charge in [-0.3, -0.25) is 4.90 Å². The highest BCUT2D eigenvalue weighted by Crippen LogP contribution is 2.37. The van der Waals surface area contributed by atoms with Gasteiger partial charge < -0.3 is 15.0 Å². The van der Waals surface area contributed by atoms with Crippen LogP contribution in [0.4, 0.5) is 5.00 Å². The highest BCUT2D eigenvalue weighted by molar-refractivity contribution is 7.80. The lowest BCUT2D eigenvalue weighted by atomic mass is 9.96. The number of methoxy groups -OCH3 is 1. The second-order valence-electron chi connectivity index (χ2n) is 8.79. The topological polar surface area (TPSA) is 44.8 Å². The number of piperazine rings is 1. The van der Waals surface area contributed by atoms with E-state index in [4.69, 9.17) is 17.0 Å². The largest absolute Gasteiger partial charge is 0.465 e. The van der Waals surface area contributed by atoms with E-state index in [9.17, 15) is 4.79 Å². The summed E-state index contributed by atoms with van der Waals surface area (Å²) in [5, 5.41) is 4.99. The zero-order valence-corrected chi connectivity index (χ0v) is 20.7. The van der Waals surface area contributed by atoms with Crippen LogP contribution in [-0.4, -0.2) is 54.2 Å². The van der Waals surface area contributed by atoms with E-state index < -0.39 is 0 Å². The lowest BCUT2D eigenvalue weighted by Gasteiger charge is -2.36. The maximum Gasteiger partial charge on any atom is 0.341 e. The third kappa shape index (κ3) is 5.50. The molecular formula is C25H33N3O2S2. The summed E-state index contributed by atoms with van der Waals surface area (Å²) >= 11 is 7.45. The highest BCUT2D eigenvalue weighted by Gasteiger charge is 2.27. The van der Waals surface area contributed by atoms with Crippen LogP contribution in [-0.2, 0) is 24.1 Å². The van der Waals surface area contributed by atoms with Gasteiger partial charge in [0.25, 0.3) is 0 Å². The molecule has 4 rings (SSSR count). The van der Waals surface area contributed by atoms with Crippen molar-refractivity contribution in [3.63, 3.8) is 0 Å². The maximum atomic E-state index is 12.6. The van der Waals surface area contributed by atoms with E-state index in [2.05, 4.69) is 46.3 Å². The van der Waals surface area contributed by atoms with Gasteiger partial charge in [0, 0.05) is 37.6 Å². The van der Waals surface area contributed by atoms with Gasteiger partial charge in [0.2, 0.25) is 0 Å². The summed E-state index contributed by atoms with van der Waals surface area (Å²) in [7, 11) is 1.46. The van der Waals surface area contributed by atoms with E-state index in [1.165, 1.54) is 47.9 Å². The van der Waals surface area contributed by atoms with Gasteiger partial charge in [0.15, 0.2) is 5.11 Å². The number of nitrogens with zero attached hydrogens (tertiary/aromatic N) is 2. The van der Waals surface area contributed by atoms with Crippen LogP contribution in [0.1, 0.15) is 57.6 Å². The van der Waals surface area contributed by atoms with Crippen LogP contribution in [0.5, 0.6) is 0 Å². The molecule has 172 valence electrons. The molecule has 32 heavy (non-hydrogen) atoms. The first kappa shape index (κ1) is 23.2. The van der Waals surface area contributed by atoms with Crippen LogP contribution in [0.3, 0.4) is 0 Å². The molecule has 1 aromatic heterocycles. The van der Waals surface area contributed by atoms with Crippen LogP contribution < -0.4 is 5.32 Å². The lowest BCUT2D eigenvalue weighted by molar-refractivity contribution is 0.0601. The van der Waals surface area contributed by atoms with Crippen molar-refractivity contribution >= 4 is 39.6 Å². The van der Waals surface area contributed by atoms with Gasteiger partial charge in [-0.25, -0.2) is 4.79 Å². The Morgan fingerprint density at radius 3 is 2.44 bits per heavy atom. The van der Waals surface area contributed by atoms with Crippen molar-refractivity contribution in [1.82, 2.24) is 9.80 Å². The summed E-state index contributed by atoms with van der Waals surface area (Å²) in [6.45, 7) is 6.81. The van der Waals surface area contributed by atoms with E-state index in [1.54, 1.807) is 11.3 Å². The number of aryl methyl sites for hydroxylation is 2. The first-order valence-corrected chi connectivity index (χ1v) is 12.8. The number of esters is 1. The minimum atomic E-state index is -0.253. The molecule has 0 unspecified atom stereocenters. The molecule has 1 N–H and O–H groups in total. The smallest absolute Gasteiger partial charge is 0.341 e. The van der Waals surface area contributed by atoms with Crippen molar-refractivity contribution in [1.29, 1.82) is 0 Å². The number of hydrogen-bond acceptors (Lipinski definition) is 5. The predicted molar refractivity (Wildman–Crippen MR) is 136 cm³/mol. The monoisotopic (exact) mass is 471 g/mol. The van der Waals surface area contributed by atoms with Gasteiger partial charge in [-0.15, -0.1) is 11.3 Å². The van der Waals surface area contributed by atoms with Gasteiger partial charge in [0.1, 0.15) is 5.00 Å². The van der Waals surface area contributed by atoms with Gasteiger partial charge in [-0.05, 0) is 56.0 Å². The van der Waals surface area contributed by atoms with Crippen LogP contribution >= 0.6 is 23.6 Å². The number of thiophene rings is 1. The summed E-state index contributed by atoms with van der Waals surface area (Å²) < 4.78 is 5.14. The maximum absolute atomic E-state index is 12.6. The highest BCUT2D eigenvalue weighted by atomic mass is 32.1. The van der Waals surface area contributed by atoms with Crippen LogP contribution in [0.15, 0.2) is 24.3 Å². The molecule has 1 saturated heterocycles. The summed E-state index contributed by atoms with van der Waals surface area (Å²) in [5.41, 5.74) is 4.52. The molecule has 1 aliphatic heterocycles. The molecule has 5 nitrogen and oxygen atoms in total. The third-order valence-corrected chi connectivity index (χ3v) is 8.04. The van der Waals surface area contributed by atoms with E-state index in [-0.39, 0.29) is 5.97 Å². The van der Waals surface area contributed by atoms with Crippen LogP contribution in [0.2, 0.25) is 0 Å². The number of rotatable bonds is 4. The Morgan fingerprint density at radius 2 is 1.75 bits per heavy atom. The van der Waals surface area contributed by atoms with Crippen LogP contribution in [0, 0.1) is 6.92 Å². The van der Waals surface area contributed by atoms with Crippen molar-refractivity contribution in [2.75, 3.05) is 38.6 Å². The fourth-order valence-electron chi connectivity index (χ4n) is 4.56. The van der Waals surface area contributed by atoms with Gasteiger partial charge in [0.05, 0.1) is 12.7 Å². The molecular weight excluding hydrogens is 438 g/mol. The third-order valence-electron chi connectivity index (χ3n) is 6.47. The van der Waals surface area contributed by atoms with Crippen molar-refractivity contribution in [3.8, 4) is 0 Å². The summed E-state index contributed by atoms with van der Waals surface area (Å²) in [5.74, 6) is -0.253. The van der Waals surface area contributed by atoms with Gasteiger partial charge in [-0.1, -0.05) is 42.7 Å². The van der Waals surface area contributed by atoms with Crippen molar-refractivity contribution in [2.45, 2.75) is 52.0 Å². The summed E-state index contributed by atoms with van der Waals surface area (Å²) in [6.07, 6.45) is 6.78. The molecule has 0 amide bonds. The molecule has 2 heterocycles. The minimum Gasteiger partial charge on any atom is -0.465 e. The number of fused-ring (bicyclic) bond motifs is 1. The Kier molecular flexibility index (Phi) is 7.81. The van der Waals surface area contributed by atoms with E-state index in [0.717, 1.165) is 57.0 Å². The molecule has 0 bridgehead atoms. The number of benzene rings is 1. The zero-order valence-electron chi connectivity index (χ0n) is 19.1. The molecule has 0 saturated carbocycles. The first-order valence-electron chi connectivity index (χ1n) is 11.6. The molecule has 0 radical (unpaired) electrons. The number of nitrogens with one attached hydrogen (secondary N) is 1. The minimum absolute atomic E-state index is 0.253. The quantitative estimate of drug-likeness (QED) is 0.499. The number of thiocarbonyl (C=S) groups is 1. The number of ether oxygens (including phenoxy) is 1. The normalized spacial score (nSPS) is 17.2. The van der Waals surface area contributed by atoms with E-state index in [1.807, 2.05) is 0 Å². The lowest BCUT2D eigenvalue weighted by Crippen LogP contribution is -2.49. The second-order valence-corrected chi connectivity index (χ2v) is 10.3. The van der Waals surface area contributed by atoms with Crippen molar-refractivity contribution in [2.24, 2.45) is 0 Å². The number of carbonyl (C=O) groups is 1. The Bertz CT molecular complexity index is 947. The predicted octanol–water partition coefficient (Wildman–Crippen LogP) is 5.02. The average molecular weight is 472 g/mol. The van der Waals surface area contributed by atoms with E-state index >= 15 is 0 Å². The molecule has 1 aromatic carbocycles. The SMILES string of the molecule is COC(=O)c1c(NC(=S)N2CCN(Cc3ccc(C)cc3)CC2)sc2c1CCCCCC2. The van der Waals surface area contributed by atoms with Gasteiger partial charge in [-0.2, -0.15) is 0 Å². The molecule has 2 aromatic rings. The first-order chi connectivity index (χ1) is 15.5. The number of anilines is 1. The fraction of sp³-hybridized carbons (Fsp3) is 0.520. The number of hydrogen-bond donors (Lipinski definition) is 1. The average Bonchev–Trinajstić information content (AvgIpc) is 3.11. The second kappa shape index (κ2) is 10.8. The number of carbonyl (C=O) groups excluding carboxylic acids is 1. The Balaban J connectivity index is 1.40. The Morgan fingerprint density at radius 1 is 1.06 bits per heavy atom. The zero-order chi connectivity index (χ0) is 22.5. The fourth-order valence-corrected chi connectivity index (χ4v) is 6.19. The van der Waals surface area contributed by atoms with Gasteiger partial charge >= 0.3 is 5.97 Å². The summed E-state index contributed by atoms with van der Waals surface area (Å²) in [6, 6.07) is 8.78. The molecule has 0 spiro atoms. The van der Waals surface area contributed by atoms with Crippen LogP contribution in [0.25, 0.3) is 0 Å². The molecule has 0 atom stereocenters. The summed E-state index contributed by atoms with van der Waals surface area (Å²) in [4.78, 5) is 18.7. The molecule has 1 fully saturated rings. The van der Waals surface area contributed by atoms with E-state index in [0.29, 0.717) is 10.7 Å². The Hall–Kier alpha value is -1.96. The van der Waals surface area contributed by atoms with Crippen molar-refractivity contribution in [3.05, 3.63) is 51.4 Å². The van der Waals surface area contributed by atoms with Crippen molar-refractivity contribution < 1.29 is 9.53 Å². The molecule has 1 aliphatic carbocycles. The molecule has 2 aliphatic rings. The molecule has 7 heteroatoms. The standard InChI is InChI=1S/C25H33N3O2S2/c1-18-9-11-19(12-10-18)17-27-13-15-28(16-14-27)25(31)26-23-22(24(29)30-2)20-7-5-3-4-6-8-21(20)32-23/h9-12H,3-8,13-17H2,1-2H3,(H,26,31). The Labute approximate surface area is 200 Å².